The van der Waals surface area contributed by atoms with E-state index in [1.54, 1.807) is 18.6 Å². The average molecular weight is 324 g/mol. The van der Waals surface area contributed by atoms with Gasteiger partial charge in [0.25, 0.3) is 0 Å². The number of hydrogen-bond donors (Lipinski definition) is 1. The van der Waals surface area contributed by atoms with Crippen LogP contribution in [0.3, 0.4) is 0 Å². The molecular weight excluding hydrogens is 304 g/mol. The summed E-state index contributed by atoms with van der Waals surface area (Å²) in [6.07, 6.45) is 8.46. The van der Waals surface area contributed by atoms with E-state index in [0.29, 0.717) is 38.8 Å². The van der Waals surface area contributed by atoms with Gasteiger partial charge < -0.3 is 4.90 Å². The monoisotopic (exact) mass is 324 g/mol. The Morgan fingerprint density at radius 2 is 1.91 bits per heavy atom. The number of rotatable bonds is 4. The van der Waals surface area contributed by atoms with Crippen molar-refractivity contribution < 1.29 is 13.2 Å². The SMILES string of the molecule is O=C(NS(=O)(=O)C1CCC1)C1CCN(c2cnccn2)CC1. The van der Waals surface area contributed by atoms with Gasteiger partial charge in [-0.15, -0.1) is 0 Å². The zero-order valence-electron chi connectivity index (χ0n) is 12.3. The molecule has 0 unspecified atom stereocenters. The molecule has 1 amide bonds. The lowest BCUT2D eigenvalue weighted by molar-refractivity contribution is -0.123. The summed E-state index contributed by atoms with van der Waals surface area (Å²) in [6.45, 7) is 1.36. The summed E-state index contributed by atoms with van der Waals surface area (Å²) >= 11 is 0. The maximum Gasteiger partial charge on any atom is 0.237 e. The van der Waals surface area contributed by atoms with E-state index in [4.69, 9.17) is 0 Å². The maximum atomic E-state index is 12.2. The summed E-state index contributed by atoms with van der Waals surface area (Å²) in [5.74, 6) is 0.192. The number of aromatic nitrogens is 2. The number of nitrogens with one attached hydrogen (secondary N) is 1. The summed E-state index contributed by atoms with van der Waals surface area (Å²) in [5, 5.41) is -0.379. The first-order chi connectivity index (χ1) is 10.6. The standard InChI is InChI=1S/C14H20N4O3S/c19-14(17-22(20,21)12-2-1-3-12)11-4-8-18(9-5-11)13-10-15-6-7-16-13/h6-7,10-12H,1-5,8-9H2,(H,17,19). The van der Waals surface area contributed by atoms with Crippen molar-refractivity contribution in [3.05, 3.63) is 18.6 Å². The molecule has 1 saturated carbocycles. The van der Waals surface area contributed by atoms with Gasteiger partial charge in [-0.05, 0) is 25.7 Å². The van der Waals surface area contributed by atoms with Crippen LogP contribution >= 0.6 is 0 Å². The topological polar surface area (TPSA) is 92.3 Å². The van der Waals surface area contributed by atoms with Crippen LogP contribution in [0, 0.1) is 5.92 Å². The minimum Gasteiger partial charge on any atom is -0.355 e. The van der Waals surface area contributed by atoms with Crippen molar-refractivity contribution in [1.29, 1.82) is 0 Å². The van der Waals surface area contributed by atoms with Gasteiger partial charge in [-0.2, -0.15) is 0 Å². The van der Waals surface area contributed by atoms with Gasteiger partial charge in [0.05, 0.1) is 11.4 Å². The first kappa shape index (κ1) is 15.2. The van der Waals surface area contributed by atoms with Crippen molar-refractivity contribution in [2.75, 3.05) is 18.0 Å². The Hall–Kier alpha value is -1.70. The van der Waals surface area contributed by atoms with E-state index < -0.39 is 10.0 Å². The third-order valence-electron chi connectivity index (χ3n) is 4.47. The van der Waals surface area contributed by atoms with E-state index in [1.165, 1.54) is 0 Å². The van der Waals surface area contributed by atoms with Gasteiger partial charge in [0.1, 0.15) is 5.82 Å². The van der Waals surface area contributed by atoms with E-state index in [0.717, 1.165) is 12.2 Å². The molecule has 1 aromatic heterocycles. The second-order valence-corrected chi connectivity index (χ2v) is 7.85. The molecule has 0 bridgehead atoms. The largest absolute Gasteiger partial charge is 0.355 e. The summed E-state index contributed by atoms with van der Waals surface area (Å²) < 4.78 is 26.3. The molecule has 1 N–H and O–H groups in total. The smallest absolute Gasteiger partial charge is 0.237 e. The van der Waals surface area contributed by atoms with Crippen LogP contribution in [0.25, 0.3) is 0 Å². The van der Waals surface area contributed by atoms with E-state index in [9.17, 15) is 13.2 Å². The van der Waals surface area contributed by atoms with Crippen molar-refractivity contribution in [3.8, 4) is 0 Å². The van der Waals surface area contributed by atoms with Crippen molar-refractivity contribution in [2.24, 2.45) is 5.92 Å². The molecule has 2 fully saturated rings. The predicted molar refractivity (Wildman–Crippen MR) is 81.7 cm³/mol. The number of anilines is 1. The molecule has 0 spiro atoms. The van der Waals surface area contributed by atoms with Gasteiger partial charge in [-0.1, -0.05) is 6.42 Å². The van der Waals surface area contributed by atoms with Gasteiger partial charge in [-0.3, -0.25) is 14.5 Å². The third kappa shape index (κ3) is 3.21. The van der Waals surface area contributed by atoms with Crippen molar-refractivity contribution >= 4 is 21.7 Å². The molecule has 1 saturated heterocycles. The van der Waals surface area contributed by atoms with Crippen LogP contribution in [0.15, 0.2) is 18.6 Å². The van der Waals surface area contributed by atoms with Crippen LogP contribution < -0.4 is 9.62 Å². The first-order valence-electron chi connectivity index (χ1n) is 7.63. The lowest BCUT2D eigenvalue weighted by Crippen LogP contribution is -2.46. The van der Waals surface area contributed by atoms with Crippen LogP contribution in [0.5, 0.6) is 0 Å². The lowest BCUT2D eigenvalue weighted by Gasteiger charge is -2.32. The molecule has 7 nitrogen and oxygen atoms in total. The minimum absolute atomic E-state index is 0.247. The Bertz CT molecular complexity index is 623. The summed E-state index contributed by atoms with van der Waals surface area (Å²) in [7, 11) is -3.47. The van der Waals surface area contributed by atoms with Crippen LogP contribution in [-0.4, -0.2) is 42.6 Å². The number of carbonyl (C=O) groups is 1. The molecule has 1 aliphatic carbocycles. The highest BCUT2D eigenvalue weighted by Gasteiger charge is 2.35. The molecule has 2 heterocycles. The first-order valence-corrected chi connectivity index (χ1v) is 9.17. The fourth-order valence-electron chi connectivity index (χ4n) is 2.81. The van der Waals surface area contributed by atoms with Crippen LogP contribution in [0.4, 0.5) is 5.82 Å². The van der Waals surface area contributed by atoms with E-state index in [1.807, 2.05) is 0 Å². The summed E-state index contributed by atoms with van der Waals surface area (Å²) in [4.78, 5) is 22.5. The Balaban J connectivity index is 1.54. The average Bonchev–Trinajstić information content (AvgIpc) is 2.45. The highest BCUT2D eigenvalue weighted by atomic mass is 32.2. The molecule has 0 radical (unpaired) electrons. The number of amides is 1. The Labute approximate surface area is 130 Å². The van der Waals surface area contributed by atoms with Crippen LogP contribution in [0.2, 0.25) is 0 Å². The molecule has 3 rings (SSSR count). The number of nitrogens with zero attached hydrogens (tertiary/aromatic N) is 3. The van der Waals surface area contributed by atoms with Crippen molar-refractivity contribution in [3.63, 3.8) is 0 Å². The predicted octanol–water partition coefficient (Wildman–Crippen LogP) is 0.691. The second-order valence-electron chi connectivity index (χ2n) is 5.89. The van der Waals surface area contributed by atoms with Gasteiger partial charge in [-0.25, -0.2) is 13.4 Å². The van der Waals surface area contributed by atoms with Crippen molar-refractivity contribution in [1.82, 2.24) is 14.7 Å². The number of piperidine rings is 1. The maximum absolute atomic E-state index is 12.2. The molecule has 1 aliphatic heterocycles. The Kier molecular flexibility index (Phi) is 4.28. The number of sulfonamides is 1. The molecule has 8 heteroatoms. The Morgan fingerprint density at radius 3 is 2.45 bits per heavy atom. The zero-order chi connectivity index (χ0) is 15.6. The quantitative estimate of drug-likeness (QED) is 0.876. The van der Waals surface area contributed by atoms with Crippen molar-refractivity contribution in [2.45, 2.75) is 37.4 Å². The molecule has 0 atom stereocenters. The fourth-order valence-corrected chi connectivity index (χ4v) is 4.38. The molecule has 120 valence electrons. The van der Waals surface area contributed by atoms with Gasteiger partial charge >= 0.3 is 0 Å². The van der Waals surface area contributed by atoms with Gasteiger partial charge in [0, 0.05) is 31.4 Å². The molecule has 0 aromatic carbocycles. The fraction of sp³-hybridized carbons (Fsp3) is 0.643. The summed E-state index contributed by atoms with van der Waals surface area (Å²) in [5.41, 5.74) is 0. The summed E-state index contributed by atoms with van der Waals surface area (Å²) in [6, 6.07) is 0. The van der Waals surface area contributed by atoms with E-state index >= 15 is 0 Å². The number of hydrogen-bond acceptors (Lipinski definition) is 6. The molecule has 22 heavy (non-hydrogen) atoms. The lowest BCUT2D eigenvalue weighted by atomic mass is 9.96. The Morgan fingerprint density at radius 1 is 1.18 bits per heavy atom. The second kappa shape index (κ2) is 6.20. The minimum atomic E-state index is -3.47. The highest BCUT2D eigenvalue weighted by Crippen LogP contribution is 2.26. The van der Waals surface area contributed by atoms with Gasteiger partial charge in [0.15, 0.2) is 0 Å². The normalized spacial score (nSPS) is 20.5. The third-order valence-corrected chi connectivity index (χ3v) is 6.31. The van der Waals surface area contributed by atoms with Gasteiger partial charge in [0.2, 0.25) is 15.9 Å². The zero-order valence-corrected chi connectivity index (χ0v) is 13.1. The number of carbonyl (C=O) groups excluding carboxylic acids is 1. The highest BCUT2D eigenvalue weighted by molar-refractivity contribution is 7.90. The van der Waals surface area contributed by atoms with E-state index in [2.05, 4.69) is 19.6 Å². The van der Waals surface area contributed by atoms with Crippen LogP contribution in [0.1, 0.15) is 32.1 Å². The van der Waals surface area contributed by atoms with Crippen LogP contribution in [-0.2, 0) is 14.8 Å². The molecule has 1 aromatic rings. The van der Waals surface area contributed by atoms with E-state index in [-0.39, 0.29) is 17.1 Å². The molecule has 2 aliphatic rings. The molecular formula is C14H20N4O3S.